The first kappa shape index (κ1) is 10.4. The zero-order valence-electron chi connectivity index (χ0n) is 8.35. The van der Waals surface area contributed by atoms with E-state index in [1.807, 2.05) is 30.3 Å². The summed E-state index contributed by atoms with van der Waals surface area (Å²) >= 11 is 0. The number of allylic oxidation sites excluding steroid dienone is 1. The number of hydrogen-bond acceptors (Lipinski definition) is 2. The first-order valence-electron chi connectivity index (χ1n) is 4.64. The van der Waals surface area contributed by atoms with Gasteiger partial charge in [0.2, 0.25) is 0 Å². The normalized spacial score (nSPS) is 11.9. The van der Waals surface area contributed by atoms with Crippen LogP contribution in [0.3, 0.4) is 0 Å². The molecule has 0 unspecified atom stereocenters. The average Bonchev–Trinajstić information content (AvgIpc) is 2.26. The van der Waals surface area contributed by atoms with Gasteiger partial charge in [-0.05, 0) is 18.1 Å². The quantitative estimate of drug-likeness (QED) is 0.510. The van der Waals surface area contributed by atoms with Gasteiger partial charge >= 0.3 is 0 Å². The molecule has 1 aromatic rings. The Morgan fingerprint density at radius 2 is 2.07 bits per heavy atom. The highest BCUT2D eigenvalue weighted by atomic mass is 15.2. The molecule has 2 nitrogen and oxygen atoms in total. The van der Waals surface area contributed by atoms with Crippen molar-refractivity contribution in [3.05, 3.63) is 48.6 Å². The van der Waals surface area contributed by atoms with Crippen molar-refractivity contribution in [2.75, 3.05) is 0 Å². The minimum atomic E-state index is 0.874. The third kappa shape index (κ3) is 2.98. The van der Waals surface area contributed by atoms with Crippen molar-refractivity contribution in [2.24, 2.45) is 10.2 Å². The van der Waals surface area contributed by atoms with Crippen LogP contribution in [-0.2, 0) is 0 Å². The van der Waals surface area contributed by atoms with E-state index in [1.165, 1.54) is 0 Å². The monoisotopic (exact) mass is 186 g/mol. The van der Waals surface area contributed by atoms with Crippen molar-refractivity contribution in [3.8, 4) is 0 Å². The Bertz CT molecular complexity index is 337. The van der Waals surface area contributed by atoms with Crippen LogP contribution in [-0.4, -0.2) is 11.9 Å². The Kier molecular flexibility index (Phi) is 4.35. The second-order valence-corrected chi connectivity index (χ2v) is 2.77. The molecule has 0 radical (unpaired) electrons. The smallest absolute Gasteiger partial charge is 0.0699 e. The Morgan fingerprint density at radius 1 is 1.36 bits per heavy atom. The summed E-state index contributed by atoms with van der Waals surface area (Å²) in [6.07, 6.45) is 4.07. The average molecular weight is 186 g/mol. The van der Waals surface area contributed by atoms with Crippen LogP contribution in [0.2, 0.25) is 0 Å². The van der Waals surface area contributed by atoms with Gasteiger partial charge in [0.15, 0.2) is 0 Å². The van der Waals surface area contributed by atoms with Gasteiger partial charge < -0.3 is 0 Å². The summed E-state index contributed by atoms with van der Waals surface area (Å²) in [5.41, 5.74) is 2.11. The van der Waals surface area contributed by atoms with Crippen molar-refractivity contribution in [2.45, 2.75) is 13.3 Å². The molecule has 0 amide bonds. The predicted molar refractivity (Wildman–Crippen MR) is 62.0 cm³/mol. The molecule has 0 bridgehead atoms. The minimum Gasteiger partial charge on any atom is -0.159 e. The molecule has 0 fully saturated rings. The van der Waals surface area contributed by atoms with E-state index in [1.54, 1.807) is 12.3 Å². The summed E-state index contributed by atoms with van der Waals surface area (Å²) in [5, 5.41) is 8.00. The highest BCUT2D eigenvalue weighted by molar-refractivity contribution is 6.00. The lowest BCUT2D eigenvalue weighted by Gasteiger charge is -1.99. The molecule has 0 N–H and O–H groups in total. The van der Waals surface area contributed by atoms with E-state index in [0.29, 0.717) is 0 Å². The molecule has 0 saturated carbocycles. The summed E-state index contributed by atoms with van der Waals surface area (Å²) in [6.45, 7) is 5.60. The summed E-state index contributed by atoms with van der Waals surface area (Å²) in [4.78, 5) is 0. The molecule has 0 atom stereocenters. The predicted octanol–water partition coefficient (Wildman–Crippen LogP) is 3.06. The van der Waals surface area contributed by atoms with Crippen molar-refractivity contribution in [1.29, 1.82) is 0 Å². The molecular weight excluding hydrogens is 172 g/mol. The van der Waals surface area contributed by atoms with Gasteiger partial charge in [-0.25, -0.2) is 0 Å². The molecular formula is C12H14N2. The van der Waals surface area contributed by atoms with Crippen LogP contribution in [0.1, 0.15) is 18.9 Å². The fourth-order valence-electron chi connectivity index (χ4n) is 1.11. The number of hydrogen-bond donors (Lipinski definition) is 0. The number of rotatable bonds is 4. The van der Waals surface area contributed by atoms with Crippen LogP contribution >= 0.6 is 0 Å². The fourth-order valence-corrected chi connectivity index (χ4v) is 1.11. The number of nitrogens with zero attached hydrogens (tertiary/aromatic N) is 2. The standard InChI is InChI=1S/C12H14N2/c1-3-10-13-14-12(4-2)11-8-6-5-7-9-11/h3,5-10H,1,4H2,2H3/b13-10+,14-12-. The summed E-state index contributed by atoms with van der Waals surface area (Å²) in [6, 6.07) is 10.1. The van der Waals surface area contributed by atoms with Crippen LogP contribution in [0.15, 0.2) is 53.2 Å². The van der Waals surface area contributed by atoms with Crippen LogP contribution in [0.4, 0.5) is 0 Å². The van der Waals surface area contributed by atoms with Crippen molar-refractivity contribution >= 4 is 11.9 Å². The molecule has 1 rings (SSSR count). The van der Waals surface area contributed by atoms with Gasteiger partial charge in [-0.2, -0.15) is 10.2 Å². The molecule has 1 aromatic carbocycles. The van der Waals surface area contributed by atoms with Crippen molar-refractivity contribution < 1.29 is 0 Å². The van der Waals surface area contributed by atoms with Crippen molar-refractivity contribution in [3.63, 3.8) is 0 Å². The van der Waals surface area contributed by atoms with E-state index < -0.39 is 0 Å². The van der Waals surface area contributed by atoms with Gasteiger partial charge in [0.25, 0.3) is 0 Å². The maximum Gasteiger partial charge on any atom is 0.0699 e. The Balaban J connectivity index is 2.87. The molecule has 0 aliphatic carbocycles. The molecule has 0 heterocycles. The van der Waals surface area contributed by atoms with Gasteiger partial charge in [-0.15, -0.1) is 0 Å². The van der Waals surface area contributed by atoms with E-state index in [0.717, 1.165) is 17.7 Å². The summed E-state index contributed by atoms with van der Waals surface area (Å²) < 4.78 is 0. The van der Waals surface area contributed by atoms with Crippen LogP contribution in [0.25, 0.3) is 0 Å². The van der Waals surface area contributed by atoms with E-state index in [2.05, 4.69) is 23.7 Å². The second kappa shape index (κ2) is 5.86. The fraction of sp³-hybridized carbons (Fsp3) is 0.167. The molecule has 72 valence electrons. The maximum absolute atomic E-state index is 4.12. The lowest BCUT2D eigenvalue weighted by Crippen LogP contribution is -1.97. The van der Waals surface area contributed by atoms with Gasteiger partial charge in [0, 0.05) is 6.21 Å². The van der Waals surface area contributed by atoms with E-state index in [4.69, 9.17) is 0 Å². The summed E-state index contributed by atoms with van der Waals surface area (Å²) in [5.74, 6) is 0. The Labute approximate surface area is 84.7 Å². The SMILES string of the molecule is C=C/C=N/N=C(/CC)c1ccccc1. The van der Waals surface area contributed by atoms with Crippen LogP contribution < -0.4 is 0 Å². The first-order valence-corrected chi connectivity index (χ1v) is 4.64. The topological polar surface area (TPSA) is 24.7 Å². The number of benzene rings is 1. The zero-order chi connectivity index (χ0) is 10.2. The molecule has 14 heavy (non-hydrogen) atoms. The minimum absolute atomic E-state index is 0.874. The Hall–Kier alpha value is -1.70. The highest BCUT2D eigenvalue weighted by Crippen LogP contribution is 2.04. The van der Waals surface area contributed by atoms with E-state index in [-0.39, 0.29) is 0 Å². The van der Waals surface area contributed by atoms with Crippen molar-refractivity contribution in [1.82, 2.24) is 0 Å². The van der Waals surface area contributed by atoms with E-state index in [9.17, 15) is 0 Å². The summed E-state index contributed by atoms with van der Waals surface area (Å²) in [7, 11) is 0. The Morgan fingerprint density at radius 3 is 2.64 bits per heavy atom. The molecule has 0 aromatic heterocycles. The maximum atomic E-state index is 4.12. The molecule has 0 aliphatic heterocycles. The largest absolute Gasteiger partial charge is 0.159 e. The van der Waals surface area contributed by atoms with Gasteiger partial charge in [0.05, 0.1) is 5.71 Å². The van der Waals surface area contributed by atoms with E-state index >= 15 is 0 Å². The molecule has 0 spiro atoms. The van der Waals surface area contributed by atoms with Crippen LogP contribution in [0.5, 0.6) is 0 Å². The third-order valence-electron chi connectivity index (χ3n) is 1.79. The second-order valence-electron chi connectivity index (χ2n) is 2.77. The lowest BCUT2D eigenvalue weighted by atomic mass is 10.1. The zero-order valence-corrected chi connectivity index (χ0v) is 8.35. The first-order chi connectivity index (χ1) is 6.88. The molecule has 0 aliphatic rings. The molecule has 0 saturated heterocycles. The van der Waals surface area contributed by atoms with Gasteiger partial charge in [-0.3, -0.25) is 0 Å². The lowest BCUT2D eigenvalue weighted by molar-refractivity contribution is 1.18. The van der Waals surface area contributed by atoms with Crippen LogP contribution in [0, 0.1) is 0 Å². The van der Waals surface area contributed by atoms with Gasteiger partial charge in [-0.1, -0.05) is 43.8 Å². The molecule has 2 heteroatoms. The van der Waals surface area contributed by atoms with Gasteiger partial charge in [0.1, 0.15) is 0 Å². The highest BCUT2D eigenvalue weighted by Gasteiger charge is 1.98. The third-order valence-corrected chi connectivity index (χ3v) is 1.79.